The van der Waals surface area contributed by atoms with E-state index >= 15 is 0 Å². The fourth-order valence-electron chi connectivity index (χ4n) is 3.88. The number of amides is 1. The molecule has 2 heterocycles. The molecule has 4 heteroatoms. The van der Waals surface area contributed by atoms with Gasteiger partial charge in [-0.25, -0.2) is 0 Å². The predicted molar refractivity (Wildman–Crippen MR) is 94.8 cm³/mol. The van der Waals surface area contributed by atoms with Crippen molar-refractivity contribution in [3.63, 3.8) is 0 Å². The number of nitrogens with two attached hydrogens (primary N) is 1. The molecule has 2 atom stereocenters. The van der Waals surface area contributed by atoms with Gasteiger partial charge in [0.15, 0.2) is 0 Å². The summed E-state index contributed by atoms with van der Waals surface area (Å²) >= 11 is 0. The molecule has 1 amide bonds. The van der Waals surface area contributed by atoms with Gasteiger partial charge in [0.1, 0.15) is 0 Å². The quantitative estimate of drug-likeness (QED) is 0.913. The van der Waals surface area contributed by atoms with Crippen molar-refractivity contribution in [3.05, 3.63) is 29.8 Å². The molecule has 23 heavy (non-hydrogen) atoms. The van der Waals surface area contributed by atoms with E-state index in [1.807, 2.05) is 17.0 Å². The molecule has 4 nitrogen and oxygen atoms in total. The second-order valence-electron chi connectivity index (χ2n) is 7.26. The molecule has 0 radical (unpaired) electrons. The largest absolute Gasteiger partial charge is 0.370 e. The van der Waals surface area contributed by atoms with Crippen molar-refractivity contribution in [2.45, 2.75) is 45.1 Å². The van der Waals surface area contributed by atoms with Crippen LogP contribution in [0, 0.1) is 5.92 Å². The molecule has 2 aliphatic heterocycles. The Morgan fingerprint density at radius 1 is 1.04 bits per heavy atom. The first-order chi connectivity index (χ1) is 11.1. The normalized spacial score (nSPS) is 26.0. The highest BCUT2D eigenvalue weighted by Gasteiger charge is 2.23. The Kier molecular flexibility index (Phi) is 5.21. The van der Waals surface area contributed by atoms with E-state index in [2.05, 4.69) is 24.0 Å². The molecule has 0 bridgehead atoms. The number of hydrogen-bond donors (Lipinski definition) is 1. The molecule has 1 aromatic rings. The van der Waals surface area contributed by atoms with Crippen molar-refractivity contribution in [1.29, 1.82) is 0 Å². The average molecular weight is 315 g/mol. The maximum absolute atomic E-state index is 12.6. The zero-order valence-corrected chi connectivity index (χ0v) is 14.2. The summed E-state index contributed by atoms with van der Waals surface area (Å²) < 4.78 is 0. The number of carbonyl (C=O) groups is 1. The minimum atomic E-state index is 0.183. The number of nitrogens with zero attached hydrogens (tertiary/aromatic N) is 2. The van der Waals surface area contributed by atoms with Crippen molar-refractivity contribution in [2.75, 3.05) is 31.1 Å². The molecule has 2 saturated heterocycles. The van der Waals surface area contributed by atoms with Crippen LogP contribution < -0.4 is 10.6 Å². The number of likely N-dealkylation sites (tertiary alicyclic amines) is 1. The summed E-state index contributed by atoms with van der Waals surface area (Å²) in [4.78, 5) is 17.0. The number of benzene rings is 1. The van der Waals surface area contributed by atoms with Crippen LogP contribution in [-0.2, 0) is 0 Å². The number of rotatable bonds is 2. The zero-order chi connectivity index (χ0) is 16.2. The Balaban J connectivity index is 1.67. The molecule has 2 fully saturated rings. The smallest absolute Gasteiger partial charge is 0.253 e. The fourth-order valence-corrected chi connectivity index (χ4v) is 3.88. The van der Waals surface area contributed by atoms with Gasteiger partial charge in [-0.3, -0.25) is 4.79 Å². The number of anilines is 1. The predicted octanol–water partition coefficient (Wildman–Crippen LogP) is 2.88. The van der Waals surface area contributed by atoms with E-state index in [1.54, 1.807) is 0 Å². The van der Waals surface area contributed by atoms with Crippen LogP contribution in [-0.4, -0.2) is 43.0 Å². The van der Waals surface area contributed by atoms with Crippen molar-refractivity contribution >= 4 is 11.6 Å². The van der Waals surface area contributed by atoms with E-state index in [1.165, 1.54) is 18.5 Å². The van der Waals surface area contributed by atoms with Crippen LogP contribution >= 0.6 is 0 Å². The second-order valence-corrected chi connectivity index (χ2v) is 7.26. The maximum Gasteiger partial charge on any atom is 0.253 e. The van der Waals surface area contributed by atoms with Crippen molar-refractivity contribution in [1.82, 2.24) is 4.90 Å². The third-order valence-electron chi connectivity index (χ3n) is 5.06. The average Bonchev–Trinajstić information content (AvgIpc) is 2.83. The maximum atomic E-state index is 12.6. The van der Waals surface area contributed by atoms with Gasteiger partial charge in [-0.15, -0.1) is 0 Å². The van der Waals surface area contributed by atoms with E-state index in [9.17, 15) is 4.79 Å². The molecule has 2 N–H and O–H groups in total. The zero-order valence-electron chi connectivity index (χ0n) is 14.2. The molecule has 0 aromatic heterocycles. The second kappa shape index (κ2) is 7.35. The van der Waals surface area contributed by atoms with Gasteiger partial charge in [0.25, 0.3) is 5.91 Å². The summed E-state index contributed by atoms with van der Waals surface area (Å²) in [6.45, 7) is 6.01. The fraction of sp³-hybridized carbons (Fsp3) is 0.632. The molecular weight excluding hydrogens is 286 g/mol. The van der Waals surface area contributed by atoms with Crippen LogP contribution in [0.25, 0.3) is 0 Å². The van der Waals surface area contributed by atoms with Crippen LogP contribution in [0.3, 0.4) is 0 Å². The lowest BCUT2D eigenvalue weighted by molar-refractivity contribution is 0.0761. The first-order valence-corrected chi connectivity index (χ1v) is 9.03. The lowest BCUT2D eigenvalue weighted by Gasteiger charge is -2.36. The van der Waals surface area contributed by atoms with Crippen LogP contribution in [0.5, 0.6) is 0 Å². The monoisotopic (exact) mass is 315 g/mol. The topological polar surface area (TPSA) is 49.6 Å². The Morgan fingerprint density at radius 2 is 1.70 bits per heavy atom. The van der Waals surface area contributed by atoms with E-state index in [0.717, 1.165) is 51.0 Å². The molecule has 1 aromatic carbocycles. The first-order valence-electron chi connectivity index (χ1n) is 9.03. The standard InChI is InChI=1S/C19H29N3O/c1-15-12-17(20)14-22(13-15)18-8-6-16(7-9-18)19(23)21-10-4-2-3-5-11-21/h6-9,15,17H,2-5,10-14,20H2,1H3/t15-,17+/m1/s1. The van der Waals surface area contributed by atoms with E-state index < -0.39 is 0 Å². The molecular formula is C19H29N3O. The van der Waals surface area contributed by atoms with Gasteiger partial charge in [-0.1, -0.05) is 19.8 Å². The summed E-state index contributed by atoms with van der Waals surface area (Å²) in [6.07, 6.45) is 5.86. The van der Waals surface area contributed by atoms with E-state index in [4.69, 9.17) is 5.73 Å². The molecule has 0 saturated carbocycles. The summed E-state index contributed by atoms with van der Waals surface area (Å²) in [5, 5.41) is 0. The summed E-state index contributed by atoms with van der Waals surface area (Å²) in [7, 11) is 0. The van der Waals surface area contributed by atoms with Gasteiger partial charge < -0.3 is 15.5 Å². The summed E-state index contributed by atoms with van der Waals surface area (Å²) in [5.41, 5.74) is 8.13. The Hall–Kier alpha value is -1.55. The minimum Gasteiger partial charge on any atom is -0.370 e. The van der Waals surface area contributed by atoms with Crippen molar-refractivity contribution in [3.8, 4) is 0 Å². The minimum absolute atomic E-state index is 0.183. The van der Waals surface area contributed by atoms with Gasteiger partial charge in [0, 0.05) is 43.5 Å². The first kappa shape index (κ1) is 16.3. The molecule has 0 unspecified atom stereocenters. The molecule has 3 rings (SSSR count). The highest BCUT2D eigenvalue weighted by molar-refractivity contribution is 5.94. The lowest BCUT2D eigenvalue weighted by atomic mass is 9.96. The molecule has 0 aliphatic carbocycles. The lowest BCUT2D eigenvalue weighted by Crippen LogP contribution is -2.46. The van der Waals surface area contributed by atoms with Crippen molar-refractivity contribution < 1.29 is 4.79 Å². The number of piperidine rings is 1. The number of hydrogen-bond acceptors (Lipinski definition) is 3. The molecule has 2 aliphatic rings. The number of carbonyl (C=O) groups excluding carboxylic acids is 1. The van der Waals surface area contributed by atoms with Gasteiger partial charge in [-0.2, -0.15) is 0 Å². The van der Waals surface area contributed by atoms with Crippen molar-refractivity contribution in [2.24, 2.45) is 11.7 Å². The Morgan fingerprint density at radius 3 is 2.30 bits per heavy atom. The van der Waals surface area contributed by atoms with Crippen LogP contribution in [0.15, 0.2) is 24.3 Å². The third kappa shape index (κ3) is 4.05. The summed E-state index contributed by atoms with van der Waals surface area (Å²) in [5.74, 6) is 0.805. The van der Waals surface area contributed by atoms with E-state index in [0.29, 0.717) is 5.92 Å². The van der Waals surface area contributed by atoms with Gasteiger partial charge in [0.2, 0.25) is 0 Å². The van der Waals surface area contributed by atoms with E-state index in [-0.39, 0.29) is 11.9 Å². The third-order valence-corrected chi connectivity index (χ3v) is 5.06. The Labute approximate surface area is 139 Å². The molecule has 0 spiro atoms. The summed E-state index contributed by atoms with van der Waals surface area (Å²) in [6, 6.07) is 8.36. The van der Waals surface area contributed by atoms with Gasteiger partial charge in [0.05, 0.1) is 0 Å². The molecule has 126 valence electrons. The van der Waals surface area contributed by atoms with Crippen LogP contribution in [0.1, 0.15) is 49.4 Å². The highest BCUT2D eigenvalue weighted by Crippen LogP contribution is 2.23. The highest BCUT2D eigenvalue weighted by atomic mass is 16.2. The Bertz CT molecular complexity index is 510. The van der Waals surface area contributed by atoms with Crippen LogP contribution in [0.4, 0.5) is 5.69 Å². The SMILES string of the molecule is C[C@@H]1C[C@H](N)CN(c2ccc(C(=O)N3CCCCCC3)cc2)C1. The van der Waals surface area contributed by atoms with Gasteiger partial charge in [-0.05, 0) is 49.4 Å². The van der Waals surface area contributed by atoms with Crippen LogP contribution in [0.2, 0.25) is 0 Å². The van der Waals surface area contributed by atoms with Gasteiger partial charge >= 0.3 is 0 Å².